The fourth-order valence-electron chi connectivity index (χ4n) is 5.99. The minimum atomic E-state index is -0.0585. The third-order valence-corrected chi connectivity index (χ3v) is 7.75. The van der Waals surface area contributed by atoms with Gasteiger partial charge in [0, 0.05) is 41.7 Å². The molecule has 1 amide bonds. The Morgan fingerprint density at radius 3 is 2.58 bits per heavy atom. The van der Waals surface area contributed by atoms with Gasteiger partial charge in [-0.2, -0.15) is 0 Å². The second-order valence-electron chi connectivity index (χ2n) is 9.93. The lowest BCUT2D eigenvalue weighted by Gasteiger charge is -2.28. The second-order valence-corrected chi connectivity index (χ2v) is 9.93. The number of aryl methyl sites for hydroxylation is 4. The van der Waals surface area contributed by atoms with Crippen molar-refractivity contribution in [3.05, 3.63) is 46.7 Å². The molecular weight excluding hydrogens is 446 g/mol. The summed E-state index contributed by atoms with van der Waals surface area (Å²) in [5, 5.41) is 1.05. The molecule has 1 aliphatic carbocycles. The van der Waals surface area contributed by atoms with Crippen molar-refractivity contribution in [3.63, 3.8) is 0 Å². The van der Waals surface area contributed by atoms with Gasteiger partial charge in [-0.15, -0.1) is 12.8 Å². The maximum atomic E-state index is 13.3. The molecule has 2 aliphatic rings. The zero-order valence-electron chi connectivity index (χ0n) is 21.4. The van der Waals surface area contributed by atoms with Crippen LogP contribution in [0.3, 0.4) is 0 Å². The monoisotopic (exact) mass is 477 g/mol. The van der Waals surface area contributed by atoms with E-state index in [2.05, 4.69) is 44.4 Å². The Morgan fingerprint density at radius 1 is 1.11 bits per heavy atom. The lowest BCUT2D eigenvalue weighted by molar-refractivity contribution is -0.135. The largest absolute Gasteiger partial charge is 0.329 e. The highest BCUT2D eigenvalue weighted by molar-refractivity contribution is 6.01. The third-order valence-electron chi connectivity index (χ3n) is 7.75. The topological polar surface area (TPSA) is 63.9 Å². The van der Waals surface area contributed by atoms with Gasteiger partial charge in [-0.05, 0) is 70.1 Å². The second kappa shape index (κ2) is 9.28. The SMILES string of the molecule is C#Cc1cc(C)c(-c2c(C3=CC[C@@H](C(=O)N4CCCC4C#C)CC3)c3c(C)ncnc3n2C)c(C)n1. The Balaban J connectivity index is 1.61. The summed E-state index contributed by atoms with van der Waals surface area (Å²) in [6.07, 6.45) is 19.4. The van der Waals surface area contributed by atoms with Crippen molar-refractivity contribution >= 4 is 22.5 Å². The van der Waals surface area contributed by atoms with E-state index in [4.69, 9.17) is 12.8 Å². The Morgan fingerprint density at radius 2 is 1.92 bits per heavy atom. The van der Waals surface area contributed by atoms with Gasteiger partial charge < -0.3 is 9.47 Å². The minimum Gasteiger partial charge on any atom is -0.329 e. The predicted octanol–water partition coefficient (Wildman–Crippen LogP) is 4.74. The lowest BCUT2D eigenvalue weighted by atomic mass is 9.83. The van der Waals surface area contributed by atoms with Gasteiger partial charge in [0.15, 0.2) is 0 Å². The van der Waals surface area contributed by atoms with Crippen LogP contribution in [0.2, 0.25) is 0 Å². The lowest BCUT2D eigenvalue weighted by Crippen LogP contribution is -2.39. The Kier molecular flexibility index (Phi) is 6.14. The number of rotatable bonds is 3. The van der Waals surface area contributed by atoms with Gasteiger partial charge in [-0.1, -0.05) is 17.9 Å². The quantitative estimate of drug-likeness (QED) is 0.511. The average molecular weight is 478 g/mol. The van der Waals surface area contributed by atoms with Gasteiger partial charge in [0.1, 0.15) is 17.7 Å². The van der Waals surface area contributed by atoms with Crippen LogP contribution in [0, 0.1) is 51.4 Å². The van der Waals surface area contributed by atoms with Crippen molar-refractivity contribution < 1.29 is 4.79 Å². The van der Waals surface area contributed by atoms with Crippen LogP contribution in [-0.4, -0.2) is 42.9 Å². The van der Waals surface area contributed by atoms with Gasteiger partial charge in [0.25, 0.3) is 0 Å². The molecule has 0 N–H and O–H groups in total. The molecule has 0 saturated carbocycles. The first-order valence-corrected chi connectivity index (χ1v) is 12.6. The molecule has 36 heavy (non-hydrogen) atoms. The van der Waals surface area contributed by atoms with Crippen molar-refractivity contribution in [2.75, 3.05) is 6.54 Å². The van der Waals surface area contributed by atoms with Crippen LogP contribution in [-0.2, 0) is 11.8 Å². The fraction of sp³-hybridized carbons (Fsp3) is 0.400. The number of likely N-dealkylation sites (tertiary alicyclic amines) is 1. The summed E-state index contributed by atoms with van der Waals surface area (Å²) >= 11 is 0. The summed E-state index contributed by atoms with van der Waals surface area (Å²) in [7, 11) is 2.05. The predicted molar refractivity (Wildman–Crippen MR) is 143 cm³/mol. The van der Waals surface area contributed by atoms with E-state index in [1.54, 1.807) is 6.33 Å². The van der Waals surface area contributed by atoms with Gasteiger partial charge in [0.2, 0.25) is 5.91 Å². The summed E-state index contributed by atoms with van der Waals surface area (Å²) in [4.78, 5) is 29.0. The van der Waals surface area contributed by atoms with Gasteiger partial charge in [-0.3, -0.25) is 4.79 Å². The number of hydrogen-bond donors (Lipinski definition) is 0. The Bertz CT molecular complexity index is 1470. The maximum Gasteiger partial charge on any atom is 0.227 e. The van der Waals surface area contributed by atoms with E-state index < -0.39 is 0 Å². The molecule has 1 unspecified atom stereocenters. The van der Waals surface area contributed by atoms with E-state index >= 15 is 0 Å². The van der Waals surface area contributed by atoms with Crippen molar-refractivity contribution in [1.29, 1.82) is 0 Å². The highest BCUT2D eigenvalue weighted by Crippen LogP contribution is 2.44. The first-order valence-electron chi connectivity index (χ1n) is 12.6. The minimum absolute atomic E-state index is 0.0291. The highest BCUT2D eigenvalue weighted by atomic mass is 16.2. The van der Waals surface area contributed by atoms with Crippen molar-refractivity contribution in [2.24, 2.45) is 13.0 Å². The molecule has 1 fully saturated rings. The zero-order chi connectivity index (χ0) is 25.6. The number of hydrogen-bond acceptors (Lipinski definition) is 4. The average Bonchev–Trinajstić information content (AvgIpc) is 3.47. The molecule has 0 bridgehead atoms. The summed E-state index contributed by atoms with van der Waals surface area (Å²) in [6, 6.07) is 1.90. The number of nitrogens with zero attached hydrogens (tertiary/aromatic N) is 5. The molecule has 0 radical (unpaired) electrons. The van der Waals surface area contributed by atoms with E-state index in [0.717, 1.165) is 77.0 Å². The number of amides is 1. The molecule has 0 aromatic carbocycles. The summed E-state index contributed by atoms with van der Waals surface area (Å²) in [6.45, 7) is 6.88. The summed E-state index contributed by atoms with van der Waals surface area (Å²) < 4.78 is 2.14. The third kappa shape index (κ3) is 3.78. The number of fused-ring (bicyclic) bond motifs is 1. The first-order chi connectivity index (χ1) is 17.3. The molecule has 6 nitrogen and oxygen atoms in total. The molecule has 3 aromatic heterocycles. The Labute approximate surface area is 212 Å². The normalized spacial score (nSPS) is 19.7. The van der Waals surface area contributed by atoms with Crippen LogP contribution in [0.4, 0.5) is 0 Å². The summed E-state index contributed by atoms with van der Waals surface area (Å²) in [5.41, 5.74) is 8.93. The Hall–Kier alpha value is -3.90. The maximum absolute atomic E-state index is 13.3. The van der Waals surface area contributed by atoms with Crippen LogP contribution in [0.15, 0.2) is 18.5 Å². The number of terminal acetylenes is 2. The first kappa shape index (κ1) is 23.8. The van der Waals surface area contributed by atoms with Gasteiger partial charge in [-0.25, -0.2) is 15.0 Å². The molecule has 1 aliphatic heterocycles. The molecule has 4 heterocycles. The van der Waals surface area contributed by atoms with Crippen molar-refractivity contribution in [1.82, 2.24) is 24.4 Å². The van der Waals surface area contributed by atoms with Crippen LogP contribution in [0.5, 0.6) is 0 Å². The van der Waals surface area contributed by atoms with Crippen molar-refractivity contribution in [3.8, 4) is 35.9 Å². The van der Waals surface area contributed by atoms with E-state index in [1.807, 2.05) is 31.9 Å². The highest BCUT2D eigenvalue weighted by Gasteiger charge is 2.34. The molecular formula is C30H31N5O. The summed E-state index contributed by atoms with van der Waals surface area (Å²) in [5.74, 6) is 5.63. The number of carbonyl (C=O) groups is 1. The van der Waals surface area contributed by atoms with E-state index in [-0.39, 0.29) is 17.9 Å². The van der Waals surface area contributed by atoms with Gasteiger partial charge in [0.05, 0.1) is 17.4 Å². The smallest absolute Gasteiger partial charge is 0.227 e. The zero-order valence-corrected chi connectivity index (χ0v) is 21.4. The fourth-order valence-corrected chi connectivity index (χ4v) is 5.99. The van der Waals surface area contributed by atoms with E-state index in [9.17, 15) is 4.79 Å². The van der Waals surface area contributed by atoms with E-state index in [0.29, 0.717) is 12.1 Å². The van der Waals surface area contributed by atoms with Gasteiger partial charge >= 0.3 is 0 Å². The molecule has 6 heteroatoms. The van der Waals surface area contributed by atoms with Crippen molar-refractivity contribution in [2.45, 2.75) is 58.9 Å². The number of aromatic nitrogens is 4. The molecule has 1 saturated heterocycles. The molecule has 2 atom stereocenters. The molecule has 3 aromatic rings. The van der Waals surface area contributed by atoms with Crippen LogP contribution >= 0.6 is 0 Å². The molecule has 0 spiro atoms. The standard InChI is InChI=1S/C30H31N5O/c1-7-23-16-18(3)25(20(5)33-23)28-27(26-19(4)31-17-32-29(26)34(28)6)21-11-13-22(14-12-21)30(36)35-15-9-10-24(35)8-2/h1-2,11,16-17,22,24H,9-10,12-15H2,3-6H3/t22-,24?/m1/s1. The van der Waals surface area contributed by atoms with Crippen LogP contribution in [0.1, 0.15) is 60.3 Å². The van der Waals surface area contributed by atoms with Crippen LogP contribution < -0.4 is 0 Å². The number of carbonyl (C=O) groups excluding carboxylic acids is 1. The molecule has 5 rings (SSSR count). The van der Waals surface area contributed by atoms with E-state index in [1.165, 1.54) is 5.57 Å². The molecule has 182 valence electrons. The number of pyridine rings is 1. The number of allylic oxidation sites excluding steroid dienone is 2. The van der Waals surface area contributed by atoms with Crippen LogP contribution in [0.25, 0.3) is 27.9 Å².